The van der Waals surface area contributed by atoms with Gasteiger partial charge in [0.25, 0.3) is 11.5 Å². The molecule has 0 saturated carbocycles. The summed E-state index contributed by atoms with van der Waals surface area (Å²) >= 11 is 0. The number of aryl methyl sites for hydroxylation is 1. The summed E-state index contributed by atoms with van der Waals surface area (Å²) in [6, 6.07) is 5.92. The van der Waals surface area contributed by atoms with Gasteiger partial charge in [-0.25, -0.2) is 14.5 Å². The summed E-state index contributed by atoms with van der Waals surface area (Å²) in [5, 5.41) is 11.4. The van der Waals surface area contributed by atoms with E-state index in [2.05, 4.69) is 38.3 Å². The van der Waals surface area contributed by atoms with E-state index in [9.17, 15) is 9.59 Å². The Hall–Kier alpha value is -5.68. The second kappa shape index (κ2) is 12.7. The number of allylic oxidation sites excluding steroid dienone is 4. The van der Waals surface area contributed by atoms with Crippen LogP contribution in [0.4, 0.5) is 5.82 Å². The fourth-order valence-electron chi connectivity index (χ4n) is 4.73. The van der Waals surface area contributed by atoms with Gasteiger partial charge in [-0.2, -0.15) is 5.10 Å². The molecular formula is C31H23B4N9O2. The quantitative estimate of drug-likeness (QED) is 0.167. The maximum absolute atomic E-state index is 14.3. The molecule has 0 saturated heterocycles. The second-order valence-corrected chi connectivity index (χ2v) is 10.3. The minimum Gasteiger partial charge on any atom is -0.381 e. The molecule has 0 unspecified atom stereocenters. The number of hydrogen-bond acceptors (Lipinski definition) is 7. The van der Waals surface area contributed by atoms with Gasteiger partial charge in [0.05, 0.1) is 34.4 Å². The van der Waals surface area contributed by atoms with E-state index >= 15 is 0 Å². The van der Waals surface area contributed by atoms with Crippen LogP contribution in [0.5, 0.6) is 0 Å². The number of anilines is 1. The van der Waals surface area contributed by atoms with Crippen molar-refractivity contribution in [1.82, 2.24) is 39.2 Å². The molecular weight excluding hydrogens is 574 g/mol. The van der Waals surface area contributed by atoms with E-state index < -0.39 is 17.5 Å². The first-order valence-corrected chi connectivity index (χ1v) is 13.8. The van der Waals surface area contributed by atoms with Crippen molar-refractivity contribution in [1.29, 1.82) is 0 Å². The number of carbonyl (C=O) groups excluding carboxylic acids is 1. The Labute approximate surface area is 270 Å². The Morgan fingerprint density at radius 2 is 1.87 bits per heavy atom. The second-order valence-electron chi connectivity index (χ2n) is 10.3. The summed E-state index contributed by atoms with van der Waals surface area (Å²) < 4.78 is 4.38. The Morgan fingerprint density at radius 3 is 2.57 bits per heavy atom. The monoisotopic (exact) mass is 597 g/mol. The van der Waals surface area contributed by atoms with Crippen LogP contribution >= 0.6 is 0 Å². The van der Waals surface area contributed by atoms with E-state index in [1.54, 1.807) is 48.3 Å². The summed E-state index contributed by atoms with van der Waals surface area (Å²) in [7, 11) is 26.1. The molecule has 1 atom stereocenters. The fourth-order valence-corrected chi connectivity index (χ4v) is 4.73. The summed E-state index contributed by atoms with van der Waals surface area (Å²) in [5.41, 5.74) is 7.89. The van der Waals surface area contributed by atoms with Crippen LogP contribution in [0.3, 0.4) is 0 Å². The molecule has 4 heterocycles. The summed E-state index contributed by atoms with van der Waals surface area (Å²) in [5.74, 6) is 7.92. The van der Waals surface area contributed by atoms with E-state index in [0.717, 1.165) is 5.69 Å². The molecule has 0 spiro atoms. The normalized spacial score (nSPS) is 12.9. The molecule has 4 aromatic heterocycles. The number of benzene rings is 1. The predicted octanol–water partition coefficient (Wildman–Crippen LogP) is 0.685. The number of nitrogens with one attached hydrogen (secondary N) is 1. The molecule has 46 heavy (non-hydrogen) atoms. The standard InChI is InChI=1S/C31H23B4N9O2/c1-5-20(32)25(34)26(35)21(33)15-43-28(16(2)39-30(45)24-27(36)41-44-13-7-12-37-29(24)44)40-22-9-6-8-18(23(22)31(43)46)10-11-19-14-38-42(4)17(19)3/h1,6-9,12-14,16H,15H2,2-4H3,(H2,36,41)(H,39,45)/b25-20-,26-21-/t16-/m0/s1. The van der Waals surface area contributed by atoms with Gasteiger partial charge in [0.15, 0.2) is 11.5 Å². The van der Waals surface area contributed by atoms with Crippen LogP contribution in [0.1, 0.15) is 46.0 Å². The molecule has 3 N–H and O–H groups in total. The van der Waals surface area contributed by atoms with Gasteiger partial charge in [-0.15, -0.1) is 27.9 Å². The van der Waals surface area contributed by atoms with Crippen LogP contribution in [0.2, 0.25) is 0 Å². The molecule has 5 rings (SSSR count). The van der Waals surface area contributed by atoms with E-state index in [4.69, 9.17) is 48.5 Å². The molecule has 0 fully saturated rings. The van der Waals surface area contributed by atoms with Crippen molar-refractivity contribution in [2.75, 3.05) is 5.73 Å². The highest BCUT2D eigenvalue weighted by Crippen LogP contribution is 2.21. The van der Waals surface area contributed by atoms with Crippen molar-refractivity contribution in [3.63, 3.8) is 0 Å². The zero-order valence-corrected chi connectivity index (χ0v) is 25.2. The van der Waals surface area contributed by atoms with Gasteiger partial charge in [0.1, 0.15) is 42.8 Å². The third kappa shape index (κ3) is 5.87. The summed E-state index contributed by atoms with van der Waals surface area (Å²) in [6.45, 7) is 3.27. The molecule has 0 aliphatic carbocycles. The zero-order chi connectivity index (χ0) is 33.3. The highest BCUT2D eigenvalue weighted by Gasteiger charge is 2.24. The predicted molar refractivity (Wildman–Crippen MR) is 179 cm³/mol. The van der Waals surface area contributed by atoms with Crippen LogP contribution in [-0.2, 0) is 13.6 Å². The minimum absolute atomic E-state index is 0.00986. The lowest BCUT2D eigenvalue weighted by Gasteiger charge is -2.21. The Morgan fingerprint density at radius 1 is 1.13 bits per heavy atom. The Kier molecular flexibility index (Phi) is 8.79. The highest BCUT2D eigenvalue weighted by molar-refractivity contribution is 6.44. The molecule has 216 valence electrons. The lowest BCUT2D eigenvalue weighted by Crippen LogP contribution is -2.35. The van der Waals surface area contributed by atoms with Gasteiger partial charge in [-0.05, 0) is 32.0 Å². The molecule has 1 aromatic carbocycles. The molecule has 8 radical (unpaired) electrons. The van der Waals surface area contributed by atoms with Gasteiger partial charge in [0.2, 0.25) is 0 Å². The third-order valence-electron chi connectivity index (χ3n) is 7.37. The summed E-state index contributed by atoms with van der Waals surface area (Å²) in [6.07, 6.45) is 10.1. The van der Waals surface area contributed by atoms with Gasteiger partial charge < -0.3 is 11.1 Å². The molecule has 11 nitrogen and oxygen atoms in total. The van der Waals surface area contributed by atoms with Crippen molar-refractivity contribution in [2.45, 2.75) is 26.4 Å². The lowest BCUT2D eigenvalue weighted by molar-refractivity contribution is 0.0939. The fraction of sp³-hybridized carbons (Fsp3) is 0.161. The number of hydrogen-bond donors (Lipinski definition) is 2. The average molecular weight is 597 g/mol. The largest absolute Gasteiger partial charge is 0.381 e. The number of aromatic nitrogens is 7. The van der Waals surface area contributed by atoms with Crippen molar-refractivity contribution in [3.8, 4) is 24.2 Å². The first kappa shape index (κ1) is 31.7. The first-order valence-electron chi connectivity index (χ1n) is 13.8. The summed E-state index contributed by atoms with van der Waals surface area (Å²) in [4.78, 5) is 36.8. The molecule has 5 aromatic rings. The van der Waals surface area contributed by atoms with Crippen LogP contribution in [0, 0.1) is 31.1 Å². The SMILES string of the molecule is [B]/C(C#C)=C([B])/C([B])=C(/[B])Cn1c([C@H](C)NC(=O)c2c(N)nn3cccnc23)nc2cccc(C#Cc3cnn(C)c3C)c2c1=O. The highest BCUT2D eigenvalue weighted by atomic mass is 16.2. The van der Waals surface area contributed by atoms with E-state index in [1.807, 2.05) is 14.0 Å². The van der Waals surface area contributed by atoms with Gasteiger partial charge in [0, 0.05) is 31.5 Å². The number of rotatable bonds is 6. The smallest absolute Gasteiger partial charge is 0.262 e. The van der Waals surface area contributed by atoms with Crippen LogP contribution < -0.4 is 16.6 Å². The molecule has 0 aliphatic heterocycles. The molecule has 0 aliphatic rings. The molecule has 15 heteroatoms. The number of nitrogen functional groups attached to an aromatic ring is 1. The van der Waals surface area contributed by atoms with Gasteiger partial charge in [-0.1, -0.05) is 29.3 Å². The number of terminal acetylenes is 1. The van der Waals surface area contributed by atoms with Crippen LogP contribution in [0.15, 0.2) is 69.5 Å². The van der Waals surface area contributed by atoms with Crippen LogP contribution in [-0.4, -0.2) is 71.2 Å². The van der Waals surface area contributed by atoms with Crippen molar-refractivity contribution >= 4 is 59.7 Å². The number of nitrogens with two attached hydrogens (primary N) is 1. The molecule has 1 amide bonds. The Bertz CT molecular complexity index is 2280. The van der Waals surface area contributed by atoms with Crippen LogP contribution in [0.25, 0.3) is 16.6 Å². The first-order chi connectivity index (χ1) is 21.9. The zero-order valence-electron chi connectivity index (χ0n) is 25.2. The lowest BCUT2D eigenvalue weighted by atomic mass is 9.66. The van der Waals surface area contributed by atoms with E-state index in [-0.39, 0.29) is 56.7 Å². The number of amides is 1. The van der Waals surface area contributed by atoms with Gasteiger partial charge in [-0.3, -0.25) is 18.8 Å². The third-order valence-corrected chi connectivity index (χ3v) is 7.37. The van der Waals surface area contributed by atoms with Crippen molar-refractivity contribution < 1.29 is 4.79 Å². The van der Waals surface area contributed by atoms with E-state index in [1.165, 1.54) is 15.3 Å². The topological polar surface area (TPSA) is 138 Å². The van der Waals surface area contributed by atoms with E-state index in [0.29, 0.717) is 16.6 Å². The average Bonchev–Trinajstić information content (AvgIpc) is 3.56. The maximum atomic E-state index is 14.3. The Balaban J connectivity index is 1.66. The van der Waals surface area contributed by atoms with Crippen molar-refractivity contribution in [3.05, 3.63) is 103 Å². The maximum Gasteiger partial charge on any atom is 0.262 e. The number of fused-ring (bicyclic) bond motifs is 2. The number of carbonyl (C=O) groups is 1. The van der Waals surface area contributed by atoms with Crippen molar-refractivity contribution in [2.24, 2.45) is 7.05 Å². The molecule has 0 bridgehead atoms. The van der Waals surface area contributed by atoms with Gasteiger partial charge >= 0.3 is 0 Å². The number of nitrogens with zero attached hydrogens (tertiary/aromatic N) is 7. The minimum atomic E-state index is -0.854.